The van der Waals surface area contributed by atoms with Gasteiger partial charge in [-0.25, -0.2) is 0 Å². The number of rotatable bonds is 11. The second-order valence-corrected chi connectivity index (χ2v) is 10.2. The second-order valence-electron chi connectivity index (χ2n) is 10.2. The maximum atomic E-state index is 9.60. The molecule has 32 heavy (non-hydrogen) atoms. The van der Waals surface area contributed by atoms with Gasteiger partial charge in [-0.05, 0) is 72.1 Å². The predicted octanol–water partition coefficient (Wildman–Crippen LogP) is 9.64. The lowest BCUT2D eigenvalue weighted by molar-refractivity contribution is 0.302. The summed E-state index contributed by atoms with van der Waals surface area (Å²) in [6.45, 7) is 6.73. The van der Waals surface area contributed by atoms with E-state index in [0.29, 0.717) is 5.92 Å². The van der Waals surface area contributed by atoms with Crippen molar-refractivity contribution in [2.45, 2.75) is 103 Å². The molecule has 0 amide bonds. The van der Waals surface area contributed by atoms with Crippen molar-refractivity contribution in [3.8, 4) is 17.2 Å². The lowest BCUT2D eigenvalue weighted by atomic mass is 9.77. The minimum absolute atomic E-state index is 0.00292. The minimum atomic E-state index is 0.00292. The Hall–Kier alpha value is -2.07. The van der Waals surface area contributed by atoms with Gasteiger partial charge < -0.3 is 0 Å². The summed E-state index contributed by atoms with van der Waals surface area (Å²) in [4.78, 5) is 0. The van der Waals surface area contributed by atoms with Crippen molar-refractivity contribution in [2.24, 2.45) is 11.8 Å². The molecule has 0 saturated heterocycles. The average Bonchev–Trinajstić information content (AvgIpc) is 2.85. The first-order valence-corrected chi connectivity index (χ1v) is 13.2. The summed E-state index contributed by atoms with van der Waals surface area (Å²) in [6, 6.07) is 20.5. The minimum Gasteiger partial charge on any atom is -0.198 e. The first kappa shape index (κ1) is 24.6. The van der Waals surface area contributed by atoms with E-state index in [1.165, 1.54) is 74.5 Å². The summed E-state index contributed by atoms with van der Waals surface area (Å²) in [7, 11) is 0. The standard InChI is InChI=1S/C31H43N/c1-4-6-7-8-9-25-10-12-26(13-11-25)27-14-16-28(17-15-27)29-18-20-30(21-19-29)31(23-32)22-24(3)5-2/h14-21,24-26,31H,4-13,22H2,1-3H3. The Morgan fingerprint density at radius 3 is 2.03 bits per heavy atom. The van der Waals surface area contributed by atoms with Crippen molar-refractivity contribution in [1.82, 2.24) is 0 Å². The van der Waals surface area contributed by atoms with Gasteiger partial charge >= 0.3 is 0 Å². The fourth-order valence-electron chi connectivity index (χ4n) is 5.33. The normalized spacial score (nSPS) is 20.4. The molecule has 0 heterocycles. The zero-order valence-corrected chi connectivity index (χ0v) is 20.7. The number of unbranched alkanes of at least 4 members (excludes halogenated alkanes) is 3. The smallest absolute Gasteiger partial charge is 0.0715 e. The molecule has 1 saturated carbocycles. The molecule has 0 bridgehead atoms. The van der Waals surface area contributed by atoms with Gasteiger partial charge in [0.1, 0.15) is 0 Å². The third kappa shape index (κ3) is 6.96. The molecule has 1 fully saturated rings. The molecule has 2 atom stereocenters. The molecule has 0 aliphatic heterocycles. The maximum Gasteiger partial charge on any atom is 0.0715 e. The molecule has 2 aromatic carbocycles. The summed E-state index contributed by atoms with van der Waals surface area (Å²) in [5.41, 5.74) is 5.20. The fourth-order valence-corrected chi connectivity index (χ4v) is 5.33. The van der Waals surface area contributed by atoms with Gasteiger partial charge in [0.15, 0.2) is 0 Å². The summed E-state index contributed by atoms with van der Waals surface area (Å²) in [6.07, 6.45) is 14.7. The van der Waals surface area contributed by atoms with Crippen molar-refractivity contribution in [3.63, 3.8) is 0 Å². The predicted molar refractivity (Wildman–Crippen MR) is 138 cm³/mol. The molecule has 0 spiro atoms. The van der Waals surface area contributed by atoms with Gasteiger partial charge in [-0.1, -0.05) is 108 Å². The lowest BCUT2D eigenvalue weighted by Crippen LogP contribution is -2.13. The van der Waals surface area contributed by atoms with Crippen LogP contribution in [-0.4, -0.2) is 0 Å². The molecule has 2 aromatic rings. The Kier molecular flexibility index (Phi) is 9.86. The van der Waals surface area contributed by atoms with Crippen molar-refractivity contribution in [2.75, 3.05) is 0 Å². The van der Waals surface area contributed by atoms with Crippen LogP contribution in [0.2, 0.25) is 0 Å². The van der Waals surface area contributed by atoms with Crippen LogP contribution in [-0.2, 0) is 0 Å². The maximum absolute atomic E-state index is 9.60. The zero-order chi connectivity index (χ0) is 22.8. The Morgan fingerprint density at radius 1 is 0.844 bits per heavy atom. The Labute approximate surface area is 197 Å². The highest BCUT2D eigenvalue weighted by atomic mass is 14.3. The van der Waals surface area contributed by atoms with Gasteiger partial charge in [0, 0.05) is 0 Å². The second kappa shape index (κ2) is 12.8. The van der Waals surface area contributed by atoms with Crippen LogP contribution in [0.5, 0.6) is 0 Å². The van der Waals surface area contributed by atoms with Crippen LogP contribution in [0.1, 0.15) is 114 Å². The highest BCUT2D eigenvalue weighted by molar-refractivity contribution is 5.64. The zero-order valence-electron chi connectivity index (χ0n) is 20.7. The van der Waals surface area contributed by atoms with Crippen LogP contribution < -0.4 is 0 Å². The van der Waals surface area contributed by atoms with Crippen molar-refractivity contribution < 1.29 is 0 Å². The van der Waals surface area contributed by atoms with E-state index >= 15 is 0 Å². The van der Waals surface area contributed by atoms with Crippen LogP contribution in [0.4, 0.5) is 0 Å². The van der Waals surface area contributed by atoms with Crippen molar-refractivity contribution in [3.05, 3.63) is 59.7 Å². The molecule has 1 heteroatoms. The molecule has 0 radical (unpaired) electrons. The molecule has 1 nitrogen and oxygen atoms in total. The van der Waals surface area contributed by atoms with Crippen LogP contribution in [0.25, 0.3) is 11.1 Å². The van der Waals surface area contributed by atoms with Gasteiger partial charge in [0.2, 0.25) is 0 Å². The highest BCUT2D eigenvalue weighted by Gasteiger charge is 2.22. The van der Waals surface area contributed by atoms with E-state index in [1.807, 2.05) is 0 Å². The van der Waals surface area contributed by atoms with E-state index in [-0.39, 0.29) is 5.92 Å². The molecule has 1 aliphatic carbocycles. The quantitative estimate of drug-likeness (QED) is 0.326. The molecule has 0 N–H and O–H groups in total. The van der Waals surface area contributed by atoms with Crippen LogP contribution in [0.3, 0.4) is 0 Å². The van der Waals surface area contributed by atoms with Crippen molar-refractivity contribution >= 4 is 0 Å². The molecular weight excluding hydrogens is 386 g/mol. The largest absolute Gasteiger partial charge is 0.198 e. The third-order valence-corrected chi connectivity index (χ3v) is 7.83. The van der Waals surface area contributed by atoms with E-state index in [9.17, 15) is 5.26 Å². The SMILES string of the molecule is CCCCCCC1CCC(c2ccc(-c3ccc(C(C#N)CC(C)CC)cc3)cc2)CC1. The van der Waals surface area contributed by atoms with E-state index in [4.69, 9.17) is 0 Å². The molecule has 2 unspecified atom stereocenters. The van der Waals surface area contributed by atoms with E-state index in [1.54, 1.807) is 0 Å². The Bertz CT molecular complexity index is 818. The molecular formula is C31H43N. The van der Waals surface area contributed by atoms with Gasteiger partial charge in [0.05, 0.1) is 12.0 Å². The number of hydrogen-bond acceptors (Lipinski definition) is 1. The van der Waals surface area contributed by atoms with Gasteiger partial charge in [-0.2, -0.15) is 5.26 Å². The summed E-state index contributed by atoms with van der Waals surface area (Å²) >= 11 is 0. The Balaban J connectivity index is 1.54. The van der Waals surface area contributed by atoms with Crippen LogP contribution in [0.15, 0.2) is 48.5 Å². The summed E-state index contributed by atoms with van der Waals surface area (Å²) in [5.74, 6) is 2.31. The number of nitriles is 1. The number of hydrogen-bond donors (Lipinski definition) is 0. The molecule has 3 rings (SSSR count). The van der Waals surface area contributed by atoms with Gasteiger partial charge in [-0.15, -0.1) is 0 Å². The first-order valence-electron chi connectivity index (χ1n) is 13.2. The van der Waals surface area contributed by atoms with E-state index < -0.39 is 0 Å². The summed E-state index contributed by atoms with van der Waals surface area (Å²) in [5, 5.41) is 9.60. The molecule has 172 valence electrons. The van der Waals surface area contributed by atoms with Gasteiger partial charge in [-0.3, -0.25) is 0 Å². The van der Waals surface area contributed by atoms with E-state index in [2.05, 4.69) is 75.4 Å². The van der Waals surface area contributed by atoms with Gasteiger partial charge in [0.25, 0.3) is 0 Å². The fraction of sp³-hybridized carbons (Fsp3) is 0.581. The number of nitrogens with zero attached hydrogens (tertiary/aromatic N) is 1. The van der Waals surface area contributed by atoms with E-state index in [0.717, 1.165) is 30.2 Å². The summed E-state index contributed by atoms with van der Waals surface area (Å²) < 4.78 is 0. The van der Waals surface area contributed by atoms with Crippen LogP contribution in [0, 0.1) is 23.2 Å². The monoisotopic (exact) mass is 429 g/mol. The molecule has 1 aliphatic rings. The number of benzene rings is 2. The third-order valence-electron chi connectivity index (χ3n) is 7.83. The highest BCUT2D eigenvalue weighted by Crippen LogP contribution is 2.38. The molecule has 0 aromatic heterocycles. The first-order chi connectivity index (χ1) is 15.6. The van der Waals surface area contributed by atoms with Crippen molar-refractivity contribution in [1.29, 1.82) is 5.26 Å². The Morgan fingerprint density at radius 2 is 1.47 bits per heavy atom. The topological polar surface area (TPSA) is 23.8 Å². The van der Waals surface area contributed by atoms with Crippen LogP contribution >= 0.6 is 0 Å². The lowest BCUT2D eigenvalue weighted by Gasteiger charge is -2.29. The average molecular weight is 430 g/mol.